The second kappa shape index (κ2) is 5.22. The normalized spacial score (nSPS) is 23.5. The molecule has 0 amide bonds. The highest BCUT2D eigenvalue weighted by Gasteiger charge is 2.19. The minimum Gasteiger partial charge on any atom is -0.497 e. The molecule has 100 valence electrons. The molecule has 0 aliphatic carbocycles. The zero-order valence-corrected chi connectivity index (χ0v) is 11.6. The van der Waals surface area contributed by atoms with Crippen molar-refractivity contribution in [1.82, 2.24) is 5.32 Å². The molecule has 1 saturated heterocycles. The Labute approximate surface area is 114 Å². The Morgan fingerprint density at radius 2 is 1.89 bits per heavy atom. The van der Waals surface area contributed by atoms with Crippen molar-refractivity contribution in [3.8, 4) is 5.75 Å². The number of hydrogen-bond donors (Lipinski definition) is 1. The predicted octanol–water partition coefficient (Wildman–Crippen LogP) is 3.70. The number of benzene rings is 2. The van der Waals surface area contributed by atoms with Gasteiger partial charge in [0.1, 0.15) is 5.75 Å². The first-order chi connectivity index (χ1) is 9.26. The molecule has 1 aliphatic heterocycles. The Hall–Kier alpha value is -1.54. The van der Waals surface area contributed by atoms with Crippen molar-refractivity contribution >= 4 is 10.8 Å². The number of ether oxygens (including phenoxy) is 1. The maximum Gasteiger partial charge on any atom is 0.119 e. The van der Waals surface area contributed by atoms with Crippen LogP contribution in [0.4, 0.5) is 0 Å². The van der Waals surface area contributed by atoms with Gasteiger partial charge in [0.25, 0.3) is 0 Å². The van der Waals surface area contributed by atoms with Gasteiger partial charge >= 0.3 is 0 Å². The van der Waals surface area contributed by atoms with Crippen molar-refractivity contribution < 1.29 is 4.74 Å². The second-order valence-electron chi connectivity index (χ2n) is 5.55. The van der Waals surface area contributed by atoms with Crippen LogP contribution in [0.15, 0.2) is 36.4 Å². The lowest BCUT2D eigenvalue weighted by Crippen LogP contribution is -2.34. The van der Waals surface area contributed by atoms with Gasteiger partial charge in [0.05, 0.1) is 7.11 Å². The van der Waals surface area contributed by atoms with E-state index < -0.39 is 0 Å². The van der Waals surface area contributed by atoms with Crippen molar-refractivity contribution in [2.75, 3.05) is 13.7 Å². The number of piperidine rings is 1. The van der Waals surface area contributed by atoms with E-state index in [1.54, 1.807) is 7.11 Å². The number of hydrogen-bond acceptors (Lipinski definition) is 2. The van der Waals surface area contributed by atoms with Gasteiger partial charge in [-0.15, -0.1) is 0 Å². The van der Waals surface area contributed by atoms with Crippen LogP contribution >= 0.6 is 0 Å². The molecule has 0 aromatic heterocycles. The van der Waals surface area contributed by atoms with Gasteiger partial charge in [0, 0.05) is 6.04 Å². The van der Waals surface area contributed by atoms with E-state index in [0.29, 0.717) is 12.0 Å². The molecule has 0 radical (unpaired) electrons. The van der Waals surface area contributed by atoms with Gasteiger partial charge in [-0.1, -0.05) is 24.3 Å². The van der Waals surface area contributed by atoms with Gasteiger partial charge in [-0.3, -0.25) is 0 Å². The predicted molar refractivity (Wildman–Crippen MR) is 79.9 cm³/mol. The largest absolute Gasteiger partial charge is 0.497 e. The lowest BCUT2D eigenvalue weighted by atomic mass is 9.86. The summed E-state index contributed by atoms with van der Waals surface area (Å²) in [5.41, 5.74) is 1.48. The first-order valence-corrected chi connectivity index (χ1v) is 7.07. The molecule has 2 aromatic rings. The van der Waals surface area contributed by atoms with E-state index >= 15 is 0 Å². The molecule has 2 heteroatoms. The fourth-order valence-electron chi connectivity index (χ4n) is 3.06. The van der Waals surface area contributed by atoms with Crippen molar-refractivity contribution in [3.63, 3.8) is 0 Å². The van der Waals surface area contributed by atoms with E-state index in [-0.39, 0.29) is 0 Å². The molecular formula is C17H21NO. The van der Waals surface area contributed by atoms with Gasteiger partial charge in [-0.05, 0) is 60.7 Å². The summed E-state index contributed by atoms with van der Waals surface area (Å²) in [4.78, 5) is 0. The van der Waals surface area contributed by atoms with Crippen LogP contribution in [0.5, 0.6) is 5.75 Å². The van der Waals surface area contributed by atoms with Crippen LogP contribution in [0.3, 0.4) is 0 Å². The maximum atomic E-state index is 5.27. The molecule has 3 rings (SSSR count). The van der Waals surface area contributed by atoms with E-state index in [0.717, 1.165) is 12.3 Å². The number of rotatable bonds is 2. The summed E-state index contributed by atoms with van der Waals surface area (Å²) < 4.78 is 5.27. The van der Waals surface area contributed by atoms with Crippen molar-refractivity contribution in [3.05, 3.63) is 42.0 Å². The summed E-state index contributed by atoms with van der Waals surface area (Å²) in [6.07, 6.45) is 2.48. The average molecular weight is 255 g/mol. The van der Waals surface area contributed by atoms with Gasteiger partial charge in [-0.25, -0.2) is 0 Å². The van der Waals surface area contributed by atoms with Crippen LogP contribution < -0.4 is 10.1 Å². The molecule has 0 unspecified atom stereocenters. The molecule has 2 nitrogen and oxygen atoms in total. The van der Waals surface area contributed by atoms with Crippen molar-refractivity contribution in [2.45, 2.75) is 31.7 Å². The summed E-state index contributed by atoms with van der Waals surface area (Å²) in [7, 11) is 1.71. The molecule has 0 bridgehead atoms. The zero-order valence-electron chi connectivity index (χ0n) is 11.6. The van der Waals surface area contributed by atoms with Crippen LogP contribution in [-0.2, 0) is 0 Å². The highest BCUT2D eigenvalue weighted by molar-refractivity contribution is 5.84. The minimum absolute atomic E-state index is 0.630. The van der Waals surface area contributed by atoms with Crippen LogP contribution in [0.1, 0.15) is 31.2 Å². The third-order valence-corrected chi connectivity index (χ3v) is 4.17. The topological polar surface area (TPSA) is 21.3 Å². The van der Waals surface area contributed by atoms with E-state index in [9.17, 15) is 0 Å². The van der Waals surface area contributed by atoms with E-state index in [1.165, 1.54) is 29.2 Å². The van der Waals surface area contributed by atoms with Gasteiger partial charge in [0.2, 0.25) is 0 Å². The third-order valence-electron chi connectivity index (χ3n) is 4.17. The second-order valence-corrected chi connectivity index (χ2v) is 5.55. The summed E-state index contributed by atoms with van der Waals surface area (Å²) in [6, 6.07) is 13.8. The SMILES string of the molecule is COc1ccc2cc([C@H]3CCN[C@H](C)C3)ccc2c1. The van der Waals surface area contributed by atoms with Crippen LogP contribution in [0, 0.1) is 0 Å². The molecule has 2 atom stereocenters. The zero-order chi connectivity index (χ0) is 13.2. The standard InChI is InChI=1S/C17H21NO/c1-12-9-16(7-8-18-12)13-3-4-15-11-17(19-2)6-5-14(15)10-13/h3-6,10-12,16,18H,7-9H2,1-2H3/t12-,16+/m1/s1. The number of nitrogens with one attached hydrogen (secondary N) is 1. The smallest absolute Gasteiger partial charge is 0.119 e. The fraction of sp³-hybridized carbons (Fsp3) is 0.412. The lowest BCUT2D eigenvalue weighted by molar-refractivity contribution is 0.381. The Balaban J connectivity index is 1.93. The maximum absolute atomic E-state index is 5.27. The first-order valence-electron chi connectivity index (χ1n) is 7.07. The molecule has 1 fully saturated rings. The van der Waals surface area contributed by atoms with Gasteiger partial charge < -0.3 is 10.1 Å². The summed E-state index contributed by atoms with van der Waals surface area (Å²) in [5, 5.41) is 6.08. The lowest BCUT2D eigenvalue weighted by Gasteiger charge is -2.28. The van der Waals surface area contributed by atoms with Crippen LogP contribution in [0.25, 0.3) is 10.8 Å². The van der Waals surface area contributed by atoms with Gasteiger partial charge in [0.15, 0.2) is 0 Å². The average Bonchev–Trinajstić information content (AvgIpc) is 2.46. The van der Waals surface area contributed by atoms with Crippen molar-refractivity contribution in [2.24, 2.45) is 0 Å². The Bertz CT molecular complexity index is 578. The Kier molecular flexibility index (Phi) is 3.43. The van der Waals surface area contributed by atoms with E-state index in [2.05, 4.69) is 42.6 Å². The molecule has 1 N–H and O–H groups in total. The Morgan fingerprint density at radius 3 is 2.68 bits per heavy atom. The molecular weight excluding hydrogens is 234 g/mol. The number of fused-ring (bicyclic) bond motifs is 1. The van der Waals surface area contributed by atoms with Crippen molar-refractivity contribution in [1.29, 1.82) is 0 Å². The molecule has 2 aromatic carbocycles. The summed E-state index contributed by atoms with van der Waals surface area (Å²) in [6.45, 7) is 3.41. The van der Waals surface area contributed by atoms with E-state index in [4.69, 9.17) is 4.74 Å². The molecule has 1 heterocycles. The monoisotopic (exact) mass is 255 g/mol. The number of methoxy groups -OCH3 is 1. The fourth-order valence-corrected chi connectivity index (χ4v) is 3.06. The minimum atomic E-state index is 0.630. The van der Waals surface area contributed by atoms with E-state index in [1.807, 2.05) is 6.07 Å². The van der Waals surface area contributed by atoms with Gasteiger partial charge in [-0.2, -0.15) is 0 Å². The van der Waals surface area contributed by atoms with Crippen LogP contribution in [-0.4, -0.2) is 19.7 Å². The summed E-state index contributed by atoms with van der Waals surface area (Å²) in [5.74, 6) is 1.62. The Morgan fingerprint density at radius 1 is 1.11 bits per heavy atom. The highest BCUT2D eigenvalue weighted by atomic mass is 16.5. The first kappa shape index (κ1) is 12.5. The molecule has 19 heavy (non-hydrogen) atoms. The highest BCUT2D eigenvalue weighted by Crippen LogP contribution is 2.30. The quantitative estimate of drug-likeness (QED) is 0.883. The summed E-state index contributed by atoms with van der Waals surface area (Å²) >= 11 is 0. The molecule has 0 saturated carbocycles. The third kappa shape index (κ3) is 2.59. The molecule has 0 spiro atoms. The molecule has 1 aliphatic rings. The van der Waals surface area contributed by atoms with Crippen LogP contribution in [0.2, 0.25) is 0 Å².